The summed E-state index contributed by atoms with van der Waals surface area (Å²) in [6.07, 6.45) is 0. The van der Waals surface area contributed by atoms with E-state index in [2.05, 4.69) is 125 Å². The number of hydrogen-bond donors (Lipinski definition) is 2. The third-order valence-corrected chi connectivity index (χ3v) is 5.78. The van der Waals surface area contributed by atoms with Crippen molar-refractivity contribution in [2.75, 3.05) is 5.32 Å². The maximum Gasteiger partial charge on any atom is 0.239 e. The lowest BCUT2D eigenvalue weighted by molar-refractivity contribution is -0.538. The number of rotatable bonds is 4. The second-order valence-electron chi connectivity index (χ2n) is 10.5. The smallest absolute Gasteiger partial charge is 0.239 e. The van der Waals surface area contributed by atoms with Gasteiger partial charge in [0.2, 0.25) is 16.7 Å². The number of para-hydroxylation sites is 1. The Balaban J connectivity index is 1.99. The minimum absolute atomic E-state index is 0.00164. The molecule has 0 fully saturated rings. The summed E-state index contributed by atoms with van der Waals surface area (Å²) in [7, 11) is 0. The number of benzene rings is 3. The molecule has 166 valence electrons. The Kier molecular flexibility index (Phi) is 5.46. The number of anilines is 1. The second-order valence-corrected chi connectivity index (χ2v) is 10.5. The highest BCUT2D eigenvalue weighted by Gasteiger charge is 2.26. The van der Waals surface area contributed by atoms with Crippen LogP contribution in [0.5, 0.6) is 0 Å². The SMILES string of the molecule is Cc1cc2nc3cc(C)c(NC(C)(C)NC(C)(C)C)cc3[n+](-c3ccccc3)c2cc1C. The van der Waals surface area contributed by atoms with Gasteiger partial charge in [-0.25, -0.2) is 4.98 Å². The van der Waals surface area contributed by atoms with Gasteiger partial charge in [-0.05, 0) is 84.2 Å². The van der Waals surface area contributed by atoms with Gasteiger partial charge in [-0.2, -0.15) is 0 Å². The zero-order chi connectivity index (χ0) is 23.3. The molecule has 0 aliphatic rings. The number of aromatic nitrogens is 2. The van der Waals surface area contributed by atoms with Gasteiger partial charge in [0, 0.05) is 35.5 Å². The molecule has 0 aliphatic heterocycles. The molecular formula is C28H35N4+. The topological polar surface area (TPSA) is 40.8 Å². The average molecular weight is 428 g/mol. The van der Waals surface area contributed by atoms with Gasteiger partial charge < -0.3 is 5.32 Å². The van der Waals surface area contributed by atoms with Crippen LogP contribution in [0.4, 0.5) is 5.69 Å². The largest absolute Gasteiger partial charge is 0.367 e. The molecule has 4 rings (SSSR count). The Hall–Kier alpha value is -2.98. The molecule has 0 saturated heterocycles. The molecule has 1 heterocycles. The normalized spacial score (nSPS) is 12.5. The molecule has 0 amide bonds. The summed E-state index contributed by atoms with van der Waals surface area (Å²) in [5.41, 5.74) is 9.89. The lowest BCUT2D eigenvalue weighted by Crippen LogP contribution is -2.55. The van der Waals surface area contributed by atoms with E-state index in [-0.39, 0.29) is 11.2 Å². The van der Waals surface area contributed by atoms with E-state index in [9.17, 15) is 0 Å². The van der Waals surface area contributed by atoms with Crippen LogP contribution in [-0.2, 0) is 0 Å². The van der Waals surface area contributed by atoms with Crippen molar-refractivity contribution in [3.63, 3.8) is 0 Å². The maximum absolute atomic E-state index is 5.06. The van der Waals surface area contributed by atoms with Crippen molar-refractivity contribution in [2.45, 2.75) is 66.6 Å². The van der Waals surface area contributed by atoms with Crippen LogP contribution < -0.4 is 15.2 Å². The van der Waals surface area contributed by atoms with Crippen LogP contribution in [0, 0.1) is 20.8 Å². The van der Waals surface area contributed by atoms with Gasteiger partial charge in [0.05, 0.1) is 5.66 Å². The summed E-state index contributed by atoms with van der Waals surface area (Å²) in [5, 5.41) is 7.41. The second kappa shape index (κ2) is 7.86. The molecule has 0 unspecified atom stereocenters. The zero-order valence-electron chi connectivity index (χ0n) is 20.6. The summed E-state index contributed by atoms with van der Waals surface area (Å²) in [6, 6.07) is 19.4. The van der Waals surface area contributed by atoms with Crippen molar-refractivity contribution >= 4 is 27.8 Å². The number of aryl methyl sites for hydroxylation is 3. The standard InChI is InChI=1S/C28H34N4/c1-18-14-23-25(16-19(18)2)32(21-12-10-9-11-13-21)26-17-22(20(3)15-24(26)29-23)30-28(7,8)31-27(4,5)6/h9-17,31H,1-8H3/p+1. The highest BCUT2D eigenvalue weighted by atomic mass is 15.2. The van der Waals surface area contributed by atoms with E-state index in [4.69, 9.17) is 4.98 Å². The van der Waals surface area contributed by atoms with Crippen molar-refractivity contribution in [1.29, 1.82) is 0 Å². The monoisotopic (exact) mass is 427 g/mol. The molecule has 32 heavy (non-hydrogen) atoms. The van der Waals surface area contributed by atoms with Crippen molar-refractivity contribution in [3.05, 3.63) is 71.3 Å². The summed E-state index contributed by atoms with van der Waals surface area (Å²) in [5.74, 6) is 0. The number of hydrogen-bond acceptors (Lipinski definition) is 3. The molecule has 2 N–H and O–H groups in total. The Bertz CT molecular complexity index is 1300. The van der Waals surface area contributed by atoms with E-state index in [0.717, 1.165) is 33.4 Å². The minimum Gasteiger partial charge on any atom is -0.367 e. The van der Waals surface area contributed by atoms with E-state index in [0.29, 0.717) is 0 Å². The van der Waals surface area contributed by atoms with Crippen molar-refractivity contribution < 1.29 is 4.57 Å². The van der Waals surface area contributed by atoms with Crippen LogP contribution in [0.1, 0.15) is 51.3 Å². The average Bonchev–Trinajstić information content (AvgIpc) is 2.67. The Morgan fingerprint density at radius 2 is 1.28 bits per heavy atom. The molecule has 0 atom stereocenters. The summed E-state index contributed by atoms with van der Waals surface area (Å²) < 4.78 is 2.33. The molecular weight excluding hydrogens is 392 g/mol. The van der Waals surface area contributed by atoms with Gasteiger partial charge in [0.15, 0.2) is 0 Å². The molecule has 0 radical (unpaired) electrons. The van der Waals surface area contributed by atoms with Gasteiger partial charge in [-0.1, -0.05) is 18.2 Å². The highest BCUT2D eigenvalue weighted by molar-refractivity contribution is 5.86. The van der Waals surface area contributed by atoms with Crippen LogP contribution in [-0.4, -0.2) is 16.2 Å². The molecule has 0 spiro atoms. The molecule has 4 heteroatoms. The van der Waals surface area contributed by atoms with Crippen molar-refractivity contribution in [3.8, 4) is 5.69 Å². The fraction of sp³-hybridized carbons (Fsp3) is 0.357. The lowest BCUT2D eigenvalue weighted by atomic mass is 10.0. The van der Waals surface area contributed by atoms with E-state index in [1.807, 2.05) is 0 Å². The first kappa shape index (κ1) is 22.2. The van der Waals surface area contributed by atoms with Crippen LogP contribution in [0.2, 0.25) is 0 Å². The molecule has 0 saturated carbocycles. The number of fused-ring (bicyclic) bond motifs is 2. The number of nitrogens with zero attached hydrogens (tertiary/aromatic N) is 2. The van der Waals surface area contributed by atoms with Gasteiger partial charge in [-0.15, -0.1) is 4.57 Å². The molecule has 4 aromatic rings. The molecule has 0 bridgehead atoms. The van der Waals surface area contributed by atoms with Crippen molar-refractivity contribution in [1.82, 2.24) is 10.3 Å². The summed E-state index contributed by atoms with van der Waals surface area (Å²) >= 11 is 0. The van der Waals surface area contributed by atoms with E-state index >= 15 is 0 Å². The van der Waals surface area contributed by atoms with Crippen LogP contribution in [0.3, 0.4) is 0 Å². The molecule has 4 nitrogen and oxygen atoms in total. The molecule has 0 aliphatic carbocycles. The van der Waals surface area contributed by atoms with Crippen LogP contribution in [0.25, 0.3) is 27.8 Å². The highest BCUT2D eigenvalue weighted by Crippen LogP contribution is 2.27. The summed E-state index contributed by atoms with van der Waals surface area (Å²) in [4.78, 5) is 5.06. The Morgan fingerprint density at radius 1 is 0.719 bits per heavy atom. The van der Waals surface area contributed by atoms with Gasteiger partial charge in [0.1, 0.15) is 11.0 Å². The molecule has 3 aromatic carbocycles. The fourth-order valence-corrected chi connectivity index (χ4v) is 4.56. The van der Waals surface area contributed by atoms with E-state index in [1.54, 1.807) is 0 Å². The van der Waals surface area contributed by atoms with Crippen LogP contribution >= 0.6 is 0 Å². The zero-order valence-corrected chi connectivity index (χ0v) is 20.6. The van der Waals surface area contributed by atoms with Crippen LogP contribution in [0.15, 0.2) is 54.6 Å². The predicted octanol–water partition coefficient (Wildman–Crippen LogP) is 6.13. The van der Waals surface area contributed by atoms with E-state index in [1.165, 1.54) is 16.7 Å². The fourth-order valence-electron chi connectivity index (χ4n) is 4.56. The Labute approximate surface area is 191 Å². The Morgan fingerprint density at radius 3 is 1.91 bits per heavy atom. The maximum atomic E-state index is 5.06. The predicted molar refractivity (Wildman–Crippen MR) is 136 cm³/mol. The van der Waals surface area contributed by atoms with Gasteiger partial charge in [0.25, 0.3) is 0 Å². The molecule has 1 aromatic heterocycles. The quantitative estimate of drug-likeness (QED) is 0.234. The summed E-state index contributed by atoms with van der Waals surface area (Å²) in [6.45, 7) is 17.4. The lowest BCUT2D eigenvalue weighted by Gasteiger charge is -2.36. The first-order chi connectivity index (χ1) is 14.9. The van der Waals surface area contributed by atoms with Crippen molar-refractivity contribution in [2.24, 2.45) is 0 Å². The third kappa shape index (κ3) is 4.46. The number of nitrogens with one attached hydrogen (secondary N) is 2. The van der Waals surface area contributed by atoms with Gasteiger partial charge in [-0.3, -0.25) is 5.32 Å². The van der Waals surface area contributed by atoms with Gasteiger partial charge >= 0.3 is 0 Å². The first-order valence-electron chi connectivity index (χ1n) is 11.3. The third-order valence-electron chi connectivity index (χ3n) is 5.78. The minimum atomic E-state index is -0.272. The first-order valence-corrected chi connectivity index (χ1v) is 11.3. The van der Waals surface area contributed by atoms with E-state index < -0.39 is 0 Å².